The van der Waals surface area contributed by atoms with E-state index in [-0.39, 0.29) is 11.9 Å². The van der Waals surface area contributed by atoms with Gasteiger partial charge >= 0.3 is 0 Å². The highest BCUT2D eigenvalue weighted by Gasteiger charge is 2.17. The summed E-state index contributed by atoms with van der Waals surface area (Å²) in [5.74, 6) is 0.242. The van der Waals surface area contributed by atoms with Gasteiger partial charge in [0.05, 0.1) is 6.20 Å². The van der Waals surface area contributed by atoms with Gasteiger partial charge < -0.3 is 10.2 Å². The summed E-state index contributed by atoms with van der Waals surface area (Å²) >= 11 is 0. The van der Waals surface area contributed by atoms with E-state index in [2.05, 4.69) is 43.1 Å². The normalized spacial score (nSPS) is 15.1. The molecule has 0 aliphatic heterocycles. The first-order valence-electron chi connectivity index (χ1n) is 6.41. The molecule has 0 radical (unpaired) electrons. The summed E-state index contributed by atoms with van der Waals surface area (Å²) in [6.07, 6.45) is 2.95. The van der Waals surface area contributed by atoms with Gasteiger partial charge in [-0.05, 0) is 38.6 Å². The molecule has 0 fully saturated rings. The summed E-state index contributed by atoms with van der Waals surface area (Å²) in [4.78, 5) is 6.05. The van der Waals surface area contributed by atoms with Crippen molar-refractivity contribution in [2.75, 3.05) is 20.6 Å². The number of hydrogen-bond acceptors (Lipinski definition) is 3. The van der Waals surface area contributed by atoms with E-state index in [9.17, 15) is 4.39 Å². The van der Waals surface area contributed by atoms with Crippen molar-refractivity contribution in [1.82, 2.24) is 15.2 Å². The Morgan fingerprint density at radius 1 is 1.28 bits per heavy atom. The topological polar surface area (TPSA) is 28.2 Å². The SMILES string of the molecule is CC(NC(CN(C)C)C(C)C)c1cncc(F)c1. The summed E-state index contributed by atoms with van der Waals surface area (Å²) in [6, 6.07) is 2.01. The van der Waals surface area contributed by atoms with Crippen molar-refractivity contribution in [1.29, 1.82) is 0 Å². The van der Waals surface area contributed by atoms with Crippen LogP contribution in [0.5, 0.6) is 0 Å². The molecule has 2 unspecified atom stereocenters. The lowest BCUT2D eigenvalue weighted by atomic mass is 10.0. The summed E-state index contributed by atoms with van der Waals surface area (Å²) in [6.45, 7) is 7.39. The molecule has 0 saturated heterocycles. The molecule has 1 aromatic rings. The van der Waals surface area contributed by atoms with Crippen molar-refractivity contribution >= 4 is 0 Å². The Labute approximate surface area is 109 Å². The highest BCUT2D eigenvalue weighted by atomic mass is 19.1. The smallest absolute Gasteiger partial charge is 0.141 e. The molecule has 0 saturated carbocycles. The molecule has 1 heterocycles. The van der Waals surface area contributed by atoms with Crippen molar-refractivity contribution in [3.63, 3.8) is 0 Å². The summed E-state index contributed by atoms with van der Waals surface area (Å²) in [5.41, 5.74) is 0.888. The fourth-order valence-electron chi connectivity index (χ4n) is 1.93. The molecule has 1 aromatic heterocycles. The number of halogens is 1. The van der Waals surface area contributed by atoms with Gasteiger partial charge in [0.25, 0.3) is 0 Å². The predicted molar refractivity (Wildman–Crippen MR) is 72.9 cm³/mol. The molecule has 0 bridgehead atoms. The van der Waals surface area contributed by atoms with Crippen LogP contribution in [0.25, 0.3) is 0 Å². The lowest BCUT2D eigenvalue weighted by Crippen LogP contribution is -2.43. The zero-order valence-electron chi connectivity index (χ0n) is 11.9. The van der Waals surface area contributed by atoms with Crippen LogP contribution in [0.4, 0.5) is 4.39 Å². The number of aromatic nitrogens is 1. The Morgan fingerprint density at radius 3 is 2.44 bits per heavy atom. The van der Waals surface area contributed by atoms with Crippen molar-refractivity contribution in [2.24, 2.45) is 5.92 Å². The highest BCUT2D eigenvalue weighted by Crippen LogP contribution is 2.15. The zero-order valence-corrected chi connectivity index (χ0v) is 11.9. The monoisotopic (exact) mass is 253 g/mol. The summed E-state index contributed by atoms with van der Waals surface area (Å²) in [5, 5.41) is 3.54. The largest absolute Gasteiger partial charge is 0.308 e. The molecule has 0 aliphatic carbocycles. The second-order valence-corrected chi connectivity index (χ2v) is 5.44. The molecule has 0 aromatic carbocycles. The number of hydrogen-bond donors (Lipinski definition) is 1. The van der Waals surface area contributed by atoms with Gasteiger partial charge in [-0.15, -0.1) is 0 Å². The van der Waals surface area contributed by atoms with E-state index in [1.807, 2.05) is 6.92 Å². The van der Waals surface area contributed by atoms with Crippen LogP contribution in [0.1, 0.15) is 32.4 Å². The third-order valence-corrected chi connectivity index (χ3v) is 3.06. The van der Waals surface area contributed by atoms with Crippen molar-refractivity contribution < 1.29 is 4.39 Å². The molecular weight excluding hydrogens is 229 g/mol. The molecule has 3 nitrogen and oxygen atoms in total. The Hall–Kier alpha value is -1.00. The van der Waals surface area contributed by atoms with Crippen LogP contribution in [0.15, 0.2) is 18.5 Å². The molecule has 0 spiro atoms. The van der Waals surface area contributed by atoms with E-state index >= 15 is 0 Å². The Bertz CT molecular complexity index is 366. The second kappa shape index (κ2) is 6.81. The lowest BCUT2D eigenvalue weighted by molar-refractivity contribution is 0.273. The van der Waals surface area contributed by atoms with E-state index in [1.165, 1.54) is 12.3 Å². The maximum Gasteiger partial charge on any atom is 0.141 e. The molecule has 1 N–H and O–H groups in total. The van der Waals surface area contributed by atoms with Gasteiger partial charge in [0.2, 0.25) is 0 Å². The maximum atomic E-state index is 13.1. The van der Waals surface area contributed by atoms with Gasteiger partial charge in [0, 0.05) is 24.8 Å². The van der Waals surface area contributed by atoms with E-state index in [4.69, 9.17) is 0 Å². The van der Waals surface area contributed by atoms with Crippen molar-refractivity contribution in [3.8, 4) is 0 Å². The van der Waals surface area contributed by atoms with Crippen LogP contribution in [0.3, 0.4) is 0 Å². The molecule has 102 valence electrons. The first-order valence-corrected chi connectivity index (χ1v) is 6.41. The minimum Gasteiger partial charge on any atom is -0.308 e. The number of pyridine rings is 1. The molecule has 0 amide bonds. The number of rotatable bonds is 6. The standard InChI is InChI=1S/C14H24FN3/c1-10(2)14(9-18(4)5)17-11(3)12-6-13(15)8-16-7-12/h6-8,10-11,14,17H,9H2,1-5H3. The number of likely N-dealkylation sites (N-methyl/N-ethyl adjacent to an activating group) is 1. The van der Waals surface area contributed by atoms with Crippen LogP contribution in [-0.4, -0.2) is 36.6 Å². The Balaban J connectivity index is 2.69. The van der Waals surface area contributed by atoms with Crippen LogP contribution < -0.4 is 5.32 Å². The quantitative estimate of drug-likeness (QED) is 0.844. The predicted octanol–water partition coefficient (Wildman–Crippen LogP) is 2.46. The van der Waals surface area contributed by atoms with Crippen LogP contribution in [-0.2, 0) is 0 Å². The molecule has 18 heavy (non-hydrogen) atoms. The van der Waals surface area contributed by atoms with E-state index in [0.717, 1.165) is 12.1 Å². The fraction of sp³-hybridized carbons (Fsp3) is 0.643. The third kappa shape index (κ3) is 4.70. The van der Waals surface area contributed by atoms with Crippen LogP contribution in [0, 0.1) is 11.7 Å². The maximum absolute atomic E-state index is 13.1. The van der Waals surface area contributed by atoms with E-state index in [1.54, 1.807) is 6.20 Å². The van der Waals surface area contributed by atoms with Crippen molar-refractivity contribution in [3.05, 3.63) is 29.8 Å². The highest BCUT2D eigenvalue weighted by molar-refractivity contribution is 5.14. The molecular formula is C14H24FN3. The number of nitrogens with one attached hydrogen (secondary N) is 1. The first kappa shape index (κ1) is 15.1. The fourth-order valence-corrected chi connectivity index (χ4v) is 1.93. The summed E-state index contributed by atoms with van der Waals surface area (Å²) in [7, 11) is 4.12. The average molecular weight is 253 g/mol. The third-order valence-electron chi connectivity index (χ3n) is 3.06. The minimum atomic E-state index is -0.283. The first-order chi connectivity index (χ1) is 8.40. The molecule has 0 aliphatic rings. The van der Waals surface area contributed by atoms with Crippen LogP contribution in [0.2, 0.25) is 0 Å². The second-order valence-electron chi connectivity index (χ2n) is 5.44. The Morgan fingerprint density at radius 2 is 1.94 bits per heavy atom. The Kier molecular flexibility index (Phi) is 5.69. The van der Waals surface area contributed by atoms with Gasteiger partial charge in [0.15, 0.2) is 0 Å². The van der Waals surface area contributed by atoms with Crippen LogP contribution >= 0.6 is 0 Å². The van der Waals surface area contributed by atoms with Gasteiger partial charge in [-0.1, -0.05) is 13.8 Å². The summed E-state index contributed by atoms with van der Waals surface area (Å²) < 4.78 is 13.1. The average Bonchev–Trinajstić information content (AvgIpc) is 2.27. The van der Waals surface area contributed by atoms with E-state index in [0.29, 0.717) is 12.0 Å². The van der Waals surface area contributed by atoms with E-state index < -0.39 is 0 Å². The van der Waals surface area contributed by atoms with Crippen molar-refractivity contribution in [2.45, 2.75) is 32.9 Å². The van der Waals surface area contributed by atoms with Gasteiger partial charge in [0.1, 0.15) is 5.82 Å². The van der Waals surface area contributed by atoms with Gasteiger partial charge in [-0.2, -0.15) is 0 Å². The van der Waals surface area contributed by atoms with Gasteiger partial charge in [-0.3, -0.25) is 4.98 Å². The van der Waals surface area contributed by atoms with Gasteiger partial charge in [-0.25, -0.2) is 4.39 Å². The number of nitrogens with zero attached hydrogens (tertiary/aromatic N) is 2. The minimum absolute atomic E-state index is 0.0977. The lowest BCUT2D eigenvalue weighted by Gasteiger charge is -2.29. The zero-order chi connectivity index (χ0) is 13.7. The molecule has 4 heteroatoms. The molecule has 1 rings (SSSR count). The molecule has 2 atom stereocenters.